The number of ether oxygens (including phenoxy) is 2. The van der Waals surface area contributed by atoms with Gasteiger partial charge >= 0.3 is 0 Å². The largest absolute Gasteiger partial charge is 0.454 e. The first kappa shape index (κ1) is 11.2. The zero-order valence-corrected chi connectivity index (χ0v) is 10.8. The molecule has 0 saturated heterocycles. The van der Waals surface area contributed by atoms with Crippen LogP contribution in [0.25, 0.3) is 21.7 Å². The zero-order chi connectivity index (χ0) is 13.7. The molecule has 5 nitrogen and oxygen atoms in total. The highest BCUT2D eigenvalue weighted by Gasteiger charge is 2.18. The van der Waals surface area contributed by atoms with E-state index >= 15 is 0 Å². The van der Waals surface area contributed by atoms with Crippen LogP contribution >= 0.6 is 0 Å². The van der Waals surface area contributed by atoms with E-state index in [0.717, 1.165) is 16.3 Å². The van der Waals surface area contributed by atoms with E-state index in [1.807, 2.05) is 30.3 Å². The molecule has 0 bridgehead atoms. The normalized spacial score (nSPS) is 13.1. The molecule has 2 aromatic carbocycles. The van der Waals surface area contributed by atoms with Gasteiger partial charge in [0, 0.05) is 10.8 Å². The highest BCUT2D eigenvalue weighted by molar-refractivity contribution is 6.06. The summed E-state index contributed by atoms with van der Waals surface area (Å²) in [5.41, 5.74) is 0.519. The number of para-hydroxylation sites is 1. The molecule has 0 fully saturated rings. The number of rotatable bonds is 1. The van der Waals surface area contributed by atoms with Gasteiger partial charge in [0.05, 0.1) is 10.9 Å². The topological polar surface area (TPSA) is 49.7 Å². The lowest BCUT2D eigenvalue weighted by Crippen LogP contribution is -2.25. The van der Waals surface area contributed by atoms with E-state index in [2.05, 4.69) is 0 Å². The average molecular weight is 269 g/mol. The molecule has 20 heavy (non-hydrogen) atoms. The van der Waals surface area contributed by atoms with Crippen molar-refractivity contribution >= 4 is 21.7 Å². The molecule has 0 saturated carbocycles. The first-order valence-corrected chi connectivity index (χ1v) is 6.21. The fourth-order valence-electron chi connectivity index (χ4n) is 2.62. The Labute approximate surface area is 113 Å². The monoisotopic (exact) mass is 269 g/mol. The first-order valence-electron chi connectivity index (χ1n) is 6.21. The van der Waals surface area contributed by atoms with Gasteiger partial charge in [-0.15, -0.1) is 4.73 Å². The Kier molecular flexibility index (Phi) is 2.18. The molecule has 5 heteroatoms. The molecular weight excluding hydrogens is 258 g/mol. The second-order valence-electron chi connectivity index (χ2n) is 4.55. The molecule has 1 aromatic heterocycles. The molecule has 0 spiro atoms. The average Bonchev–Trinajstić information content (AvgIpc) is 2.94. The zero-order valence-electron chi connectivity index (χ0n) is 10.8. The lowest BCUT2D eigenvalue weighted by molar-refractivity contribution is 0.170. The summed E-state index contributed by atoms with van der Waals surface area (Å²) in [6.45, 7) is 0.183. The third-order valence-corrected chi connectivity index (χ3v) is 3.52. The molecule has 0 atom stereocenters. The van der Waals surface area contributed by atoms with Gasteiger partial charge in [-0.25, -0.2) is 0 Å². The molecule has 1 aliphatic rings. The Morgan fingerprint density at radius 1 is 1.05 bits per heavy atom. The number of aromatic nitrogens is 1. The van der Waals surface area contributed by atoms with Crippen LogP contribution in [0.15, 0.2) is 41.2 Å². The predicted molar refractivity (Wildman–Crippen MR) is 74.3 cm³/mol. The van der Waals surface area contributed by atoms with Crippen molar-refractivity contribution in [3.05, 3.63) is 46.8 Å². The SMILES string of the molecule is COn1c(=O)c2cc3c(cc2c2ccccc21)OCO3. The maximum absolute atomic E-state index is 12.5. The van der Waals surface area contributed by atoms with Crippen LogP contribution in [-0.2, 0) is 0 Å². The minimum atomic E-state index is -0.209. The van der Waals surface area contributed by atoms with Crippen molar-refractivity contribution in [3.63, 3.8) is 0 Å². The summed E-state index contributed by atoms with van der Waals surface area (Å²) in [7, 11) is 1.48. The van der Waals surface area contributed by atoms with Crippen LogP contribution in [0, 0.1) is 0 Å². The Bertz CT molecular complexity index is 898. The second-order valence-corrected chi connectivity index (χ2v) is 4.55. The van der Waals surface area contributed by atoms with Crippen molar-refractivity contribution in [2.45, 2.75) is 0 Å². The van der Waals surface area contributed by atoms with Crippen molar-refractivity contribution in [2.75, 3.05) is 13.9 Å². The van der Waals surface area contributed by atoms with Crippen LogP contribution < -0.4 is 19.9 Å². The third-order valence-electron chi connectivity index (χ3n) is 3.52. The molecule has 1 aliphatic heterocycles. The van der Waals surface area contributed by atoms with E-state index in [-0.39, 0.29) is 12.4 Å². The summed E-state index contributed by atoms with van der Waals surface area (Å²) in [5.74, 6) is 1.25. The fourth-order valence-corrected chi connectivity index (χ4v) is 2.62. The molecule has 4 rings (SSSR count). The van der Waals surface area contributed by atoms with Crippen molar-refractivity contribution < 1.29 is 14.3 Å². The van der Waals surface area contributed by atoms with Gasteiger partial charge in [-0.2, -0.15) is 0 Å². The van der Waals surface area contributed by atoms with E-state index in [9.17, 15) is 4.79 Å². The summed E-state index contributed by atoms with van der Waals surface area (Å²) in [4.78, 5) is 17.7. The molecule has 100 valence electrons. The first-order chi connectivity index (χ1) is 9.79. The smallest absolute Gasteiger partial charge is 0.291 e. The van der Waals surface area contributed by atoms with Crippen LogP contribution in [0.2, 0.25) is 0 Å². The Morgan fingerprint density at radius 2 is 1.75 bits per heavy atom. The minimum absolute atomic E-state index is 0.183. The van der Waals surface area contributed by atoms with Crippen LogP contribution in [-0.4, -0.2) is 18.6 Å². The van der Waals surface area contributed by atoms with Crippen LogP contribution in [0.1, 0.15) is 0 Å². The maximum atomic E-state index is 12.5. The number of hydrogen-bond acceptors (Lipinski definition) is 4. The second kappa shape index (κ2) is 3.90. The molecule has 0 amide bonds. The lowest BCUT2D eigenvalue weighted by atomic mass is 10.1. The molecule has 0 unspecified atom stereocenters. The van der Waals surface area contributed by atoms with Gasteiger partial charge in [0.2, 0.25) is 6.79 Å². The third kappa shape index (κ3) is 1.34. The number of fused-ring (bicyclic) bond motifs is 4. The van der Waals surface area contributed by atoms with Gasteiger partial charge in [-0.1, -0.05) is 18.2 Å². The standard InChI is InChI=1S/C15H11NO4/c1-18-16-12-5-3-2-4-9(12)10-6-13-14(20-8-19-13)7-11(10)15(16)17/h2-7H,8H2,1H3. The lowest BCUT2D eigenvalue weighted by Gasteiger charge is -2.11. The molecule has 3 aromatic rings. The number of hydrogen-bond donors (Lipinski definition) is 0. The number of benzene rings is 2. The molecule has 0 N–H and O–H groups in total. The molecular formula is C15H11NO4. The maximum Gasteiger partial charge on any atom is 0.291 e. The van der Waals surface area contributed by atoms with E-state index in [0.29, 0.717) is 16.9 Å². The van der Waals surface area contributed by atoms with Gasteiger partial charge in [-0.3, -0.25) is 4.79 Å². The highest BCUT2D eigenvalue weighted by Crippen LogP contribution is 2.37. The van der Waals surface area contributed by atoms with Gasteiger partial charge < -0.3 is 14.3 Å². The molecule has 0 radical (unpaired) electrons. The summed E-state index contributed by atoms with van der Waals surface area (Å²) in [6.07, 6.45) is 0. The predicted octanol–water partition coefficient (Wildman–Crippen LogP) is 1.94. The van der Waals surface area contributed by atoms with Crippen LogP contribution in [0.4, 0.5) is 0 Å². The van der Waals surface area contributed by atoms with Gasteiger partial charge in [0.25, 0.3) is 5.56 Å². The van der Waals surface area contributed by atoms with Crippen LogP contribution in [0.3, 0.4) is 0 Å². The van der Waals surface area contributed by atoms with Gasteiger partial charge in [0.1, 0.15) is 7.11 Å². The Hall–Kier alpha value is -2.69. The van der Waals surface area contributed by atoms with E-state index in [1.54, 1.807) is 6.07 Å². The number of nitrogens with zero attached hydrogens (tertiary/aromatic N) is 1. The Morgan fingerprint density at radius 3 is 2.50 bits per heavy atom. The Balaban J connectivity index is 2.27. The minimum Gasteiger partial charge on any atom is -0.454 e. The molecule has 0 aliphatic carbocycles. The van der Waals surface area contributed by atoms with Crippen molar-refractivity contribution in [2.24, 2.45) is 0 Å². The van der Waals surface area contributed by atoms with E-state index in [4.69, 9.17) is 14.3 Å². The summed E-state index contributed by atoms with van der Waals surface area (Å²) in [5, 5.41) is 2.32. The van der Waals surface area contributed by atoms with Gasteiger partial charge in [-0.05, 0) is 18.2 Å². The van der Waals surface area contributed by atoms with Crippen molar-refractivity contribution in [3.8, 4) is 11.5 Å². The summed E-state index contributed by atoms with van der Waals surface area (Å²) >= 11 is 0. The van der Waals surface area contributed by atoms with E-state index in [1.165, 1.54) is 11.8 Å². The summed E-state index contributed by atoms with van der Waals surface area (Å²) < 4.78 is 12.0. The molecule has 2 heterocycles. The summed E-state index contributed by atoms with van der Waals surface area (Å²) in [6, 6.07) is 11.2. The van der Waals surface area contributed by atoms with Crippen molar-refractivity contribution in [1.29, 1.82) is 0 Å². The van der Waals surface area contributed by atoms with Gasteiger partial charge in [0.15, 0.2) is 11.5 Å². The van der Waals surface area contributed by atoms with Crippen molar-refractivity contribution in [1.82, 2.24) is 4.73 Å². The van der Waals surface area contributed by atoms with Crippen LogP contribution in [0.5, 0.6) is 11.5 Å². The number of pyridine rings is 1. The fraction of sp³-hybridized carbons (Fsp3) is 0.133. The quantitative estimate of drug-likeness (QED) is 0.633. The van der Waals surface area contributed by atoms with E-state index < -0.39 is 0 Å². The highest BCUT2D eigenvalue weighted by atomic mass is 16.7.